The van der Waals surface area contributed by atoms with Gasteiger partial charge in [0, 0.05) is 6.20 Å². The second kappa shape index (κ2) is 4.18. The Labute approximate surface area is 88.9 Å². The van der Waals surface area contributed by atoms with E-state index in [1.807, 2.05) is 0 Å². The maximum absolute atomic E-state index is 13.2. The van der Waals surface area contributed by atoms with E-state index in [1.54, 1.807) is 0 Å². The normalized spacial score (nSPS) is 10.3. The summed E-state index contributed by atoms with van der Waals surface area (Å²) >= 11 is 5.55. The molecule has 2 N–H and O–H groups in total. The van der Waals surface area contributed by atoms with Gasteiger partial charge in [-0.25, -0.2) is 9.37 Å². The molecule has 8 heteroatoms. The Hall–Kier alpha value is -1.76. The van der Waals surface area contributed by atoms with E-state index in [1.165, 1.54) is 12.3 Å². The lowest BCUT2D eigenvalue weighted by atomic mass is 10.4. The fourth-order valence-electron chi connectivity index (χ4n) is 0.965. The first kappa shape index (κ1) is 9.78. The average molecular weight is 229 g/mol. The largest absolute Gasteiger partial charge is 0.360 e. The lowest BCUT2D eigenvalue weighted by molar-refractivity contribution is 0.624. The van der Waals surface area contributed by atoms with Gasteiger partial charge < -0.3 is 5.32 Å². The highest BCUT2D eigenvalue weighted by molar-refractivity contribution is 6.30. The quantitative estimate of drug-likeness (QED) is 0.819. The first-order valence-corrected chi connectivity index (χ1v) is 4.41. The molecule has 0 saturated carbocycles. The first-order chi connectivity index (χ1) is 7.25. The second-order valence-corrected chi connectivity index (χ2v) is 3.10. The van der Waals surface area contributed by atoms with Crippen LogP contribution < -0.4 is 5.32 Å². The van der Waals surface area contributed by atoms with E-state index in [-0.39, 0.29) is 17.4 Å². The summed E-state index contributed by atoms with van der Waals surface area (Å²) in [5.74, 6) is 0.00125. The highest BCUT2D eigenvalue weighted by atomic mass is 35.5. The van der Waals surface area contributed by atoms with Gasteiger partial charge in [0.25, 0.3) is 0 Å². The highest BCUT2D eigenvalue weighted by Crippen LogP contribution is 2.15. The fraction of sp³-hybridized carbons (Fsp3) is 0.143. The number of nitrogens with zero attached hydrogens (tertiary/aromatic N) is 4. The maximum Gasteiger partial charge on any atom is 0.193 e. The molecular formula is C7H6ClFN6. The summed E-state index contributed by atoms with van der Waals surface area (Å²) in [5, 5.41) is 16.0. The van der Waals surface area contributed by atoms with Crippen LogP contribution in [0.15, 0.2) is 12.3 Å². The van der Waals surface area contributed by atoms with Crippen LogP contribution in [0.4, 0.5) is 10.2 Å². The van der Waals surface area contributed by atoms with Crippen molar-refractivity contribution in [2.24, 2.45) is 0 Å². The molecule has 0 aromatic carbocycles. The van der Waals surface area contributed by atoms with E-state index in [4.69, 9.17) is 11.6 Å². The molecule has 0 aliphatic carbocycles. The van der Waals surface area contributed by atoms with Crippen LogP contribution in [0, 0.1) is 5.82 Å². The molecule has 0 fully saturated rings. The van der Waals surface area contributed by atoms with Crippen molar-refractivity contribution < 1.29 is 4.39 Å². The summed E-state index contributed by atoms with van der Waals surface area (Å²) in [6.45, 7) is 0.238. The Balaban J connectivity index is 2.05. The lowest BCUT2D eigenvalue weighted by Gasteiger charge is -2.03. The molecular weight excluding hydrogens is 223 g/mol. The Bertz CT molecular complexity index is 445. The molecule has 0 aliphatic heterocycles. The zero-order chi connectivity index (χ0) is 10.7. The highest BCUT2D eigenvalue weighted by Gasteiger charge is 2.05. The number of aromatic nitrogens is 5. The number of nitrogens with one attached hydrogen (secondary N) is 2. The van der Waals surface area contributed by atoms with Gasteiger partial charge in [-0.3, -0.25) is 0 Å². The molecule has 0 unspecified atom stereocenters. The molecule has 0 saturated heterocycles. The third kappa shape index (κ3) is 2.38. The average Bonchev–Trinajstić information content (AvgIpc) is 2.69. The van der Waals surface area contributed by atoms with Gasteiger partial charge in [0.2, 0.25) is 0 Å². The number of pyridine rings is 1. The number of H-pyrrole nitrogens is 1. The summed E-state index contributed by atoms with van der Waals surface area (Å²) in [5.41, 5.74) is 0. The number of halogens is 2. The topological polar surface area (TPSA) is 79.4 Å². The number of anilines is 1. The summed E-state index contributed by atoms with van der Waals surface area (Å²) < 4.78 is 13.2. The lowest BCUT2D eigenvalue weighted by Crippen LogP contribution is -2.05. The minimum atomic E-state index is -0.522. The van der Waals surface area contributed by atoms with Crippen LogP contribution in [0.5, 0.6) is 0 Å². The zero-order valence-corrected chi connectivity index (χ0v) is 8.16. The minimum absolute atomic E-state index is 0.101. The number of hydrogen-bond donors (Lipinski definition) is 2. The molecule has 2 aromatic rings. The Morgan fingerprint density at radius 3 is 3.07 bits per heavy atom. The molecule has 0 radical (unpaired) electrons. The first-order valence-electron chi connectivity index (χ1n) is 4.03. The van der Waals surface area contributed by atoms with Crippen LogP contribution in [-0.4, -0.2) is 25.6 Å². The summed E-state index contributed by atoms with van der Waals surface area (Å²) in [4.78, 5) is 3.77. The molecule has 0 amide bonds. The number of tetrazole rings is 1. The van der Waals surface area contributed by atoms with Crippen molar-refractivity contribution in [3.8, 4) is 0 Å². The number of aromatic amines is 1. The van der Waals surface area contributed by atoms with Gasteiger partial charge in [0.05, 0.1) is 11.6 Å². The monoisotopic (exact) mass is 228 g/mol. The molecule has 0 aliphatic rings. The van der Waals surface area contributed by atoms with Crippen LogP contribution in [-0.2, 0) is 6.54 Å². The van der Waals surface area contributed by atoms with Crippen molar-refractivity contribution in [2.75, 3.05) is 5.32 Å². The van der Waals surface area contributed by atoms with Crippen LogP contribution in [0.2, 0.25) is 5.02 Å². The predicted octanol–water partition coefficient (Wildman–Crippen LogP) is 0.999. The van der Waals surface area contributed by atoms with E-state index in [0.717, 1.165) is 0 Å². The van der Waals surface area contributed by atoms with Gasteiger partial charge in [0.1, 0.15) is 0 Å². The molecule has 78 valence electrons. The Morgan fingerprint density at radius 2 is 2.40 bits per heavy atom. The minimum Gasteiger partial charge on any atom is -0.360 e. The summed E-state index contributed by atoms with van der Waals surface area (Å²) in [6.07, 6.45) is 1.35. The molecule has 0 bridgehead atoms. The van der Waals surface area contributed by atoms with Gasteiger partial charge in [-0.15, -0.1) is 10.2 Å². The summed E-state index contributed by atoms with van der Waals surface area (Å²) in [6, 6.07) is 1.17. The predicted molar refractivity (Wildman–Crippen MR) is 50.7 cm³/mol. The molecule has 6 nitrogen and oxygen atoms in total. The van der Waals surface area contributed by atoms with Crippen LogP contribution >= 0.6 is 11.6 Å². The van der Waals surface area contributed by atoms with Gasteiger partial charge in [-0.1, -0.05) is 16.8 Å². The van der Waals surface area contributed by atoms with Crippen LogP contribution in [0.1, 0.15) is 5.82 Å². The van der Waals surface area contributed by atoms with E-state index < -0.39 is 5.82 Å². The summed E-state index contributed by atoms with van der Waals surface area (Å²) in [7, 11) is 0. The smallest absolute Gasteiger partial charge is 0.193 e. The van der Waals surface area contributed by atoms with Gasteiger partial charge in [-0.2, -0.15) is 5.21 Å². The second-order valence-electron chi connectivity index (χ2n) is 2.67. The van der Waals surface area contributed by atoms with Gasteiger partial charge >= 0.3 is 0 Å². The molecule has 2 rings (SSSR count). The van der Waals surface area contributed by atoms with E-state index in [0.29, 0.717) is 5.82 Å². The van der Waals surface area contributed by atoms with Crippen molar-refractivity contribution >= 4 is 17.4 Å². The standard InChI is InChI=1S/C7H6ClFN6/c8-4-1-5(9)7(10-2-4)11-3-6-12-14-15-13-6/h1-2H,3H2,(H,10,11)(H,12,13,14,15). The molecule has 0 spiro atoms. The van der Waals surface area contributed by atoms with E-state index >= 15 is 0 Å². The Morgan fingerprint density at radius 1 is 1.53 bits per heavy atom. The Kier molecular flexibility index (Phi) is 2.72. The number of hydrogen-bond acceptors (Lipinski definition) is 5. The SMILES string of the molecule is Fc1cc(Cl)cnc1NCc1nn[nH]n1. The zero-order valence-electron chi connectivity index (χ0n) is 7.41. The van der Waals surface area contributed by atoms with E-state index in [9.17, 15) is 4.39 Å². The van der Waals surface area contributed by atoms with Crippen LogP contribution in [0.3, 0.4) is 0 Å². The van der Waals surface area contributed by atoms with Crippen LogP contribution in [0.25, 0.3) is 0 Å². The van der Waals surface area contributed by atoms with Crippen molar-refractivity contribution in [2.45, 2.75) is 6.54 Å². The van der Waals surface area contributed by atoms with Crippen molar-refractivity contribution in [3.05, 3.63) is 28.9 Å². The fourth-order valence-corrected chi connectivity index (χ4v) is 1.11. The number of rotatable bonds is 3. The van der Waals surface area contributed by atoms with Crippen molar-refractivity contribution in [3.63, 3.8) is 0 Å². The molecule has 2 aromatic heterocycles. The third-order valence-corrected chi connectivity index (χ3v) is 1.82. The third-order valence-electron chi connectivity index (χ3n) is 1.61. The van der Waals surface area contributed by atoms with Gasteiger partial charge in [0.15, 0.2) is 17.5 Å². The van der Waals surface area contributed by atoms with Crippen molar-refractivity contribution in [1.29, 1.82) is 0 Å². The molecule has 2 heterocycles. The molecule has 0 atom stereocenters. The maximum atomic E-state index is 13.2. The molecule has 15 heavy (non-hydrogen) atoms. The van der Waals surface area contributed by atoms with Crippen molar-refractivity contribution in [1.82, 2.24) is 25.6 Å². The van der Waals surface area contributed by atoms with E-state index in [2.05, 4.69) is 30.9 Å². The van der Waals surface area contributed by atoms with Gasteiger partial charge in [-0.05, 0) is 6.07 Å².